The van der Waals surface area contributed by atoms with Gasteiger partial charge in [-0.05, 0) is 19.7 Å². The van der Waals surface area contributed by atoms with Crippen LogP contribution in [-0.4, -0.2) is 49.1 Å². The molecule has 0 aliphatic carbocycles. The minimum atomic E-state index is 0.596. The van der Waals surface area contributed by atoms with E-state index < -0.39 is 0 Å². The minimum absolute atomic E-state index is 0.596. The van der Waals surface area contributed by atoms with Crippen LogP contribution >= 0.6 is 11.8 Å². The van der Waals surface area contributed by atoms with Gasteiger partial charge in [0.2, 0.25) is 0 Å². The van der Waals surface area contributed by atoms with Crippen molar-refractivity contribution in [1.29, 1.82) is 0 Å². The molecule has 0 bridgehead atoms. The van der Waals surface area contributed by atoms with Gasteiger partial charge in [0.25, 0.3) is 0 Å². The molecule has 1 atom stereocenters. The average Bonchev–Trinajstić information content (AvgIpc) is 2.20. The van der Waals surface area contributed by atoms with E-state index in [1.807, 2.05) is 11.8 Å². The van der Waals surface area contributed by atoms with Crippen molar-refractivity contribution in [1.82, 2.24) is 10.2 Å². The van der Waals surface area contributed by atoms with Gasteiger partial charge in [0, 0.05) is 30.9 Å². The summed E-state index contributed by atoms with van der Waals surface area (Å²) in [4.78, 5) is 2.50. The summed E-state index contributed by atoms with van der Waals surface area (Å²) in [5.41, 5.74) is 0. The molecule has 1 unspecified atom stereocenters. The van der Waals surface area contributed by atoms with Gasteiger partial charge in [0.15, 0.2) is 0 Å². The molecule has 0 spiro atoms. The lowest BCUT2D eigenvalue weighted by Gasteiger charge is -2.28. The van der Waals surface area contributed by atoms with Gasteiger partial charge in [-0.3, -0.25) is 0 Å². The average molecular weight is 232 g/mol. The molecule has 15 heavy (non-hydrogen) atoms. The maximum Gasteiger partial charge on any atom is 0.0217 e. The third kappa shape index (κ3) is 8.12. The Balaban J connectivity index is 3.88. The second-order valence-corrected chi connectivity index (χ2v) is 5.46. The van der Waals surface area contributed by atoms with E-state index in [-0.39, 0.29) is 0 Å². The second-order valence-electron chi connectivity index (χ2n) is 4.48. The van der Waals surface area contributed by atoms with Crippen molar-refractivity contribution in [3.8, 4) is 0 Å². The maximum absolute atomic E-state index is 3.54. The van der Waals surface area contributed by atoms with Crippen LogP contribution in [0.3, 0.4) is 0 Å². The van der Waals surface area contributed by atoms with E-state index in [4.69, 9.17) is 0 Å². The van der Waals surface area contributed by atoms with Crippen LogP contribution in [0, 0.1) is 0 Å². The third-order valence-electron chi connectivity index (χ3n) is 2.66. The predicted molar refractivity (Wildman–Crippen MR) is 72.8 cm³/mol. The van der Waals surface area contributed by atoms with Gasteiger partial charge in [-0.2, -0.15) is 11.8 Å². The number of hydrogen-bond acceptors (Lipinski definition) is 3. The molecule has 0 aliphatic heterocycles. The quantitative estimate of drug-likeness (QED) is 0.657. The van der Waals surface area contributed by atoms with Crippen molar-refractivity contribution in [3.63, 3.8) is 0 Å². The number of nitrogens with zero attached hydrogens (tertiary/aromatic N) is 1. The Labute approximate surface area is 100 Å². The Bertz CT molecular complexity index is 140. The predicted octanol–water partition coefficient (Wildman–Crippen LogP) is 2.45. The zero-order valence-electron chi connectivity index (χ0n) is 11.0. The number of rotatable bonds is 9. The molecule has 0 aliphatic rings. The molecule has 0 aromatic heterocycles. The van der Waals surface area contributed by atoms with Crippen molar-refractivity contribution in [2.75, 3.05) is 32.1 Å². The Morgan fingerprint density at radius 1 is 1.33 bits per heavy atom. The summed E-state index contributed by atoms with van der Waals surface area (Å²) in [7, 11) is 2.25. The zero-order chi connectivity index (χ0) is 11.7. The number of likely N-dealkylation sites (N-methyl/N-ethyl adjacent to an activating group) is 1. The smallest absolute Gasteiger partial charge is 0.0217 e. The fourth-order valence-electron chi connectivity index (χ4n) is 1.60. The third-order valence-corrected chi connectivity index (χ3v) is 3.25. The summed E-state index contributed by atoms with van der Waals surface area (Å²) in [6.07, 6.45) is 4.74. The standard InChI is InChI=1S/C12H28N2S/c1-6-7-12(10-13-11(2)3)14(4)8-9-15-5/h11-13H,6-10H2,1-5H3. The van der Waals surface area contributed by atoms with Gasteiger partial charge in [-0.15, -0.1) is 0 Å². The molecule has 0 radical (unpaired) electrons. The van der Waals surface area contributed by atoms with E-state index in [2.05, 4.69) is 44.3 Å². The first-order valence-electron chi connectivity index (χ1n) is 6.04. The van der Waals surface area contributed by atoms with Gasteiger partial charge in [0.05, 0.1) is 0 Å². The molecule has 1 N–H and O–H groups in total. The van der Waals surface area contributed by atoms with Crippen molar-refractivity contribution in [3.05, 3.63) is 0 Å². The SMILES string of the molecule is CCCC(CNC(C)C)N(C)CCSC. The lowest BCUT2D eigenvalue weighted by Crippen LogP contribution is -2.42. The Hall–Kier alpha value is 0.270. The van der Waals surface area contributed by atoms with Crippen LogP contribution in [0.1, 0.15) is 33.6 Å². The Morgan fingerprint density at radius 3 is 2.47 bits per heavy atom. The maximum atomic E-state index is 3.54. The molecular formula is C12H28N2S. The van der Waals surface area contributed by atoms with Crippen LogP contribution in [0.5, 0.6) is 0 Å². The summed E-state index contributed by atoms with van der Waals surface area (Å²) in [6, 6.07) is 1.29. The molecule has 2 nitrogen and oxygen atoms in total. The van der Waals surface area contributed by atoms with E-state index in [0.29, 0.717) is 12.1 Å². The Morgan fingerprint density at radius 2 is 2.00 bits per heavy atom. The summed E-state index contributed by atoms with van der Waals surface area (Å²) < 4.78 is 0. The summed E-state index contributed by atoms with van der Waals surface area (Å²) in [6.45, 7) is 9.02. The molecule has 0 heterocycles. The molecule has 0 saturated heterocycles. The monoisotopic (exact) mass is 232 g/mol. The first-order chi connectivity index (χ1) is 7.11. The first-order valence-corrected chi connectivity index (χ1v) is 7.43. The molecule has 0 amide bonds. The van der Waals surface area contributed by atoms with Crippen LogP contribution < -0.4 is 5.32 Å². The molecule has 92 valence electrons. The second kappa shape index (κ2) is 9.49. The van der Waals surface area contributed by atoms with E-state index in [9.17, 15) is 0 Å². The van der Waals surface area contributed by atoms with Gasteiger partial charge in [-0.25, -0.2) is 0 Å². The molecule has 0 aromatic rings. The van der Waals surface area contributed by atoms with Gasteiger partial charge < -0.3 is 10.2 Å². The molecular weight excluding hydrogens is 204 g/mol. The molecule has 0 fully saturated rings. The van der Waals surface area contributed by atoms with E-state index >= 15 is 0 Å². The fourth-order valence-corrected chi connectivity index (χ4v) is 2.07. The molecule has 0 saturated carbocycles. The summed E-state index contributed by atoms with van der Waals surface area (Å²) >= 11 is 1.93. The minimum Gasteiger partial charge on any atom is -0.313 e. The van der Waals surface area contributed by atoms with E-state index in [0.717, 1.165) is 6.54 Å². The van der Waals surface area contributed by atoms with Crippen molar-refractivity contribution in [2.45, 2.75) is 45.7 Å². The van der Waals surface area contributed by atoms with Gasteiger partial charge in [0.1, 0.15) is 0 Å². The normalized spacial score (nSPS) is 13.8. The zero-order valence-corrected chi connectivity index (χ0v) is 11.9. The van der Waals surface area contributed by atoms with Crippen molar-refractivity contribution < 1.29 is 0 Å². The number of hydrogen-bond donors (Lipinski definition) is 1. The fraction of sp³-hybridized carbons (Fsp3) is 1.00. The summed E-state index contributed by atoms with van der Waals surface area (Å²) in [5, 5.41) is 3.54. The lowest BCUT2D eigenvalue weighted by atomic mass is 10.1. The first kappa shape index (κ1) is 15.3. The molecule has 0 rings (SSSR count). The van der Waals surface area contributed by atoms with E-state index in [1.54, 1.807) is 0 Å². The topological polar surface area (TPSA) is 15.3 Å². The van der Waals surface area contributed by atoms with E-state index in [1.165, 1.54) is 25.1 Å². The Kier molecular flexibility index (Phi) is 9.66. The highest BCUT2D eigenvalue weighted by atomic mass is 32.2. The highest BCUT2D eigenvalue weighted by Gasteiger charge is 2.13. The van der Waals surface area contributed by atoms with Crippen LogP contribution in [-0.2, 0) is 0 Å². The van der Waals surface area contributed by atoms with Crippen LogP contribution in [0.2, 0.25) is 0 Å². The molecule has 0 aromatic carbocycles. The van der Waals surface area contributed by atoms with Gasteiger partial charge >= 0.3 is 0 Å². The number of thioether (sulfide) groups is 1. The number of nitrogens with one attached hydrogen (secondary N) is 1. The van der Waals surface area contributed by atoms with Crippen LogP contribution in [0.15, 0.2) is 0 Å². The van der Waals surface area contributed by atoms with Crippen molar-refractivity contribution in [2.24, 2.45) is 0 Å². The van der Waals surface area contributed by atoms with Crippen molar-refractivity contribution >= 4 is 11.8 Å². The highest BCUT2D eigenvalue weighted by Crippen LogP contribution is 2.05. The van der Waals surface area contributed by atoms with Crippen LogP contribution in [0.4, 0.5) is 0 Å². The van der Waals surface area contributed by atoms with Gasteiger partial charge in [-0.1, -0.05) is 27.2 Å². The lowest BCUT2D eigenvalue weighted by molar-refractivity contribution is 0.231. The van der Waals surface area contributed by atoms with Crippen LogP contribution in [0.25, 0.3) is 0 Å². The largest absolute Gasteiger partial charge is 0.313 e. The highest BCUT2D eigenvalue weighted by molar-refractivity contribution is 7.98. The molecule has 3 heteroatoms. The summed E-state index contributed by atoms with van der Waals surface area (Å²) in [5.74, 6) is 1.23.